The van der Waals surface area contributed by atoms with Crippen LogP contribution in [0.5, 0.6) is 0 Å². The molecule has 0 aliphatic carbocycles. The van der Waals surface area contributed by atoms with Crippen LogP contribution in [0.4, 0.5) is 22.0 Å². The molecule has 0 saturated carbocycles. The third-order valence-electron chi connectivity index (χ3n) is 4.45. The molecule has 3 rings (SSSR count). The lowest BCUT2D eigenvalue weighted by Gasteiger charge is -2.39. The highest BCUT2D eigenvalue weighted by molar-refractivity contribution is 8.00. The first-order valence-electron chi connectivity index (χ1n) is 7.68. The number of carbonyl (C=O) groups excluding carboxylic acids is 1. The molecule has 1 amide bonds. The zero-order chi connectivity index (χ0) is 18.4. The summed E-state index contributed by atoms with van der Waals surface area (Å²) in [6.45, 7) is -1.41. The Bertz CT molecular complexity index is 643. The van der Waals surface area contributed by atoms with Crippen LogP contribution in [-0.4, -0.2) is 41.2 Å². The zero-order valence-corrected chi connectivity index (χ0v) is 14.5. The summed E-state index contributed by atoms with van der Waals surface area (Å²) in [7, 11) is 0. The smallest absolute Gasteiger partial charge is 0.330 e. The minimum atomic E-state index is -4.45. The Morgan fingerprint density at radius 2 is 1.84 bits per heavy atom. The van der Waals surface area contributed by atoms with Gasteiger partial charge in [0.15, 0.2) is 0 Å². The van der Waals surface area contributed by atoms with E-state index in [2.05, 4.69) is 0 Å². The summed E-state index contributed by atoms with van der Waals surface area (Å²) in [5, 5.41) is -1.59. The minimum Gasteiger partial charge on any atom is -0.330 e. The predicted molar refractivity (Wildman–Crippen MR) is 85.9 cm³/mol. The molecule has 2 heterocycles. The van der Waals surface area contributed by atoms with Gasteiger partial charge in [-0.25, -0.2) is 8.78 Å². The van der Waals surface area contributed by atoms with E-state index >= 15 is 0 Å². The maximum Gasteiger partial charge on any atom is 0.400 e. The molecule has 2 nitrogen and oxygen atoms in total. The molecule has 138 valence electrons. The Morgan fingerprint density at radius 3 is 2.36 bits per heavy atom. The maximum atomic E-state index is 13.3. The molecule has 3 atom stereocenters. The van der Waals surface area contributed by atoms with Crippen molar-refractivity contribution in [1.82, 2.24) is 4.90 Å². The van der Waals surface area contributed by atoms with Crippen LogP contribution < -0.4 is 0 Å². The van der Waals surface area contributed by atoms with Crippen molar-refractivity contribution < 1.29 is 26.7 Å². The summed E-state index contributed by atoms with van der Waals surface area (Å²) >= 11 is 6.58. The number of halogens is 6. The molecule has 2 aliphatic heterocycles. The van der Waals surface area contributed by atoms with Gasteiger partial charge < -0.3 is 4.90 Å². The van der Waals surface area contributed by atoms with Crippen LogP contribution in [0.1, 0.15) is 23.7 Å². The summed E-state index contributed by atoms with van der Waals surface area (Å²) in [5.41, 5.74) is 0.717. The number of amides is 1. The summed E-state index contributed by atoms with van der Waals surface area (Å²) in [5.74, 6) is -4.48. The molecular formula is C16H15ClF5NOS. The van der Waals surface area contributed by atoms with Crippen molar-refractivity contribution in [3.8, 4) is 0 Å². The lowest BCUT2D eigenvalue weighted by atomic mass is 9.92. The van der Waals surface area contributed by atoms with Crippen LogP contribution in [0, 0.1) is 5.92 Å². The first kappa shape index (κ1) is 18.8. The number of nitrogens with zero attached hydrogens (tertiary/aromatic N) is 1. The van der Waals surface area contributed by atoms with Crippen molar-refractivity contribution in [2.75, 3.05) is 13.1 Å². The zero-order valence-electron chi connectivity index (χ0n) is 12.9. The van der Waals surface area contributed by atoms with Gasteiger partial charge in [0.05, 0.1) is 13.1 Å². The van der Waals surface area contributed by atoms with Crippen LogP contribution in [-0.2, 0) is 4.79 Å². The largest absolute Gasteiger partial charge is 0.400 e. The number of rotatable bonds is 3. The van der Waals surface area contributed by atoms with E-state index in [4.69, 9.17) is 11.6 Å². The van der Waals surface area contributed by atoms with Crippen LogP contribution in [0.25, 0.3) is 0 Å². The summed E-state index contributed by atoms with van der Waals surface area (Å²) in [6, 6.07) is 6.57. The number of alkyl halides is 5. The van der Waals surface area contributed by atoms with Gasteiger partial charge in [-0.1, -0.05) is 23.7 Å². The van der Waals surface area contributed by atoms with E-state index in [0.29, 0.717) is 10.6 Å². The molecule has 1 aromatic rings. The van der Waals surface area contributed by atoms with Crippen molar-refractivity contribution in [3.05, 3.63) is 34.9 Å². The summed E-state index contributed by atoms with van der Waals surface area (Å²) in [6.07, 6.45) is -4.64. The fourth-order valence-electron chi connectivity index (χ4n) is 3.21. The van der Waals surface area contributed by atoms with E-state index in [1.165, 1.54) is 0 Å². The molecule has 2 saturated heterocycles. The van der Waals surface area contributed by atoms with Crippen molar-refractivity contribution in [2.24, 2.45) is 5.92 Å². The van der Waals surface area contributed by atoms with Gasteiger partial charge >= 0.3 is 6.18 Å². The van der Waals surface area contributed by atoms with Gasteiger partial charge in [0, 0.05) is 16.7 Å². The first-order chi connectivity index (χ1) is 11.5. The Hall–Kier alpha value is -1.02. The van der Waals surface area contributed by atoms with Gasteiger partial charge in [-0.15, -0.1) is 11.8 Å². The second-order valence-electron chi connectivity index (χ2n) is 6.44. The van der Waals surface area contributed by atoms with Gasteiger partial charge in [-0.3, -0.25) is 4.79 Å². The number of carbonyl (C=O) groups is 1. The highest BCUT2D eigenvalue weighted by Crippen LogP contribution is 2.54. The number of hydrogen-bond donors (Lipinski definition) is 0. The van der Waals surface area contributed by atoms with Gasteiger partial charge in [0.25, 0.3) is 5.92 Å². The number of hydrogen-bond acceptors (Lipinski definition) is 2. The van der Waals surface area contributed by atoms with Crippen molar-refractivity contribution in [1.29, 1.82) is 0 Å². The van der Waals surface area contributed by atoms with Crippen molar-refractivity contribution in [3.63, 3.8) is 0 Å². The molecule has 0 spiro atoms. The third kappa shape index (κ3) is 4.22. The molecule has 2 aliphatic rings. The molecule has 0 radical (unpaired) electrons. The molecule has 2 fully saturated rings. The van der Waals surface area contributed by atoms with Gasteiger partial charge in [-0.05, 0) is 30.0 Å². The standard InChI is InChI=1S/C16H15ClF5NOS/c17-11-3-1-9(2-4-11)12-5-10(14(25-12)16(20,21)22)6-13(24)23-7-15(18,19)8-23/h1-4,10,12,14H,5-8H2. The first-order valence-corrected chi connectivity index (χ1v) is 9.00. The quantitative estimate of drug-likeness (QED) is 0.671. The van der Waals surface area contributed by atoms with Gasteiger partial charge in [0.1, 0.15) is 5.25 Å². The van der Waals surface area contributed by atoms with E-state index in [0.717, 1.165) is 16.7 Å². The molecule has 9 heteroatoms. The average molecular weight is 400 g/mol. The third-order valence-corrected chi connectivity index (χ3v) is 6.44. The highest BCUT2D eigenvalue weighted by atomic mass is 35.5. The van der Waals surface area contributed by atoms with Crippen LogP contribution in [0.2, 0.25) is 5.02 Å². The molecule has 25 heavy (non-hydrogen) atoms. The van der Waals surface area contributed by atoms with Gasteiger partial charge in [-0.2, -0.15) is 13.2 Å². The molecule has 3 unspecified atom stereocenters. The van der Waals surface area contributed by atoms with E-state index in [1.54, 1.807) is 24.3 Å². The lowest BCUT2D eigenvalue weighted by Crippen LogP contribution is -2.58. The predicted octanol–water partition coefficient (Wildman–Crippen LogP) is 4.93. The molecule has 0 aromatic heterocycles. The topological polar surface area (TPSA) is 20.3 Å². The SMILES string of the molecule is O=C(CC1CC(c2ccc(Cl)cc2)SC1C(F)(F)F)N1CC(F)(F)C1. The lowest BCUT2D eigenvalue weighted by molar-refractivity contribution is -0.168. The highest BCUT2D eigenvalue weighted by Gasteiger charge is 2.53. The van der Waals surface area contributed by atoms with E-state index in [-0.39, 0.29) is 12.8 Å². The summed E-state index contributed by atoms with van der Waals surface area (Å²) in [4.78, 5) is 13.0. The van der Waals surface area contributed by atoms with Crippen LogP contribution in [0.3, 0.4) is 0 Å². The minimum absolute atomic E-state index is 0.173. The number of thioether (sulfide) groups is 1. The molecule has 0 bridgehead atoms. The fraction of sp³-hybridized carbons (Fsp3) is 0.562. The van der Waals surface area contributed by atoms with Crippen molar-refractivity contribution in [2.45, 2.75) is 35.4 Å². The fourth-order valence-corrected chi connectivity index (χ4v) is 4.95. The van der Waals surface area contributed by atoms with Crippen LogP contribution in [0.15, 0.2) is 24.3 Å². The number of benzene rings is 1. The Balaban J connectivity index is 1.70. The second kappa shape index (κ2) is 6.61. The van der Waals surface area contributed by atoms with Gasteiger partial charge in [0.2, 0.25) is 5.91 Å². The van der Waals surface area contributed by atoms with Crippen LogP contribution >= 0.6 is 23.4 Å². The Labute approximate surface area is 150 Å². The van der Waals surface area contributed by atoms with E-state index in [9.17, 15) is 26.7 Å². The van der Waals surface area contributed by atoms with E-state index in [1.807, 2.05) is 0 Å². The molecule has 1 aromatic carbocycles. The molecular weight excluding hydrogens is 385 g/mol. The monoisotopic (exact) mass is 399 g/mol. The normalized spacial score (nSPS) is 28.7. The average Bonchev–Trinajstić information content (AvgIpc) is 2.89. The van der Waals surface area contributed by atoms with E-state index < -0.39 is 47.5 Å². The summed E-state index contributed by atoms with van der Waals surface area (Å²) < 4.78 is 65.8. The maximum absolute atomic E-state index is 13.3. The van der Waals surface area contributed by atoms with Crippen molar-refractivity contribution >= 4 is 29.3 Å². The second-order valence-corrected chi connectivity index (χ2v) is 8.23. The number of likely N-dealkylation sites (tertiary alicyclic amines) is 1. The molecule has 0 N–H and O–H groups in total. The Kier molecular flexibility index (Phi) is 4.96. The Morgan fingerprint density at radius 1 is 1.24 bits per heavy atom.